The number of methoxy groups -OCH3 is 1. The van der Waals surface area contributed by atoms with Gasteiger partial charge >= 0.3 is 5.97 Å². The minimum atomic E-state index is -0.832. The molecule has 5 heteroatoms. The van der Waals surface area contributed by atoms with Crippen LogP contribution in [0, 0.1) is 0 Å². The molecule has 1 heterocycles. The van der Waals surface area contributed by atoms with E-state index < -0.39 is 5.54 Å². The van der Waals surface area contributed by atoms with E-state index >= 15 is 0 Å². The highest BCUT2D eigenvalue weighted by Gasteiger charge is 2.26. The maximum atomic E-state index is 11.1. The van der Waals surface area contributed by atoms with Crippen molar-refractivity contribution in [2.75, 3.05) is 7.11 Å². The fourth-order valence-corrected chi connectivity index (χ4v) is 1.06. The largest absolute Gasteiger partial charge is 0.469 e. The molecule has 0 radical (unpaired) electrons. The maximum Gasteiger partial charge on any atom is 0.307 e. The van der Waals surface area contributed by atoms with Crippen molar-refractivity contribution in [3.05, 3.63) is 24.3 Å². The molecule has 0 saturated heterocycles. The Hall–Kier alpha value is -1.49. The number of carbonyl (C=O) groups excluding carboxylic acids is 1. The molecule has 0 aliphatic carbocycles. The molecule has 0 aliphatic heterocycles. The van der Waals surface area contributed by atoms with Gasteiger partial charge in [0.05, 0.1) is 31.0 Å². The molecule has 0 saturated carbocycles. The van der Waals surface area contributed by atoms with Crippen LogP contribution in [0.2, 0.25) is 0 Å². The Kier molecular flexibility index (Phi) is 3.14. The second-order valence-corrected chi connectivity index (χ2v) is 3.26. The molecule has 0 aromatic carbocycles. The van der Waals surface area contributed by atoms with Gasteiger partial charge in [0.2, 0.25) is 0 Å². The summed E-state index contributed by atoms with van der Waals surface area (Å²) >= 11 is 0. The highest BCUT2D eigenvalue weighted by Crippen LogP contribution is 2.18. The molecule has 2 N–H and O–H groups in total. The summed E-state index contributed by atoms with van der Waals surface area (Å²) in [7, 11) is 1.33. The average molecular weight is 195 g/mol. The third-order valence-corrected chi connectivity index (χ3v) is 1.89. The smallest absolute Gasteiger partial charge is 0.307 e. The number of esters is 1. The van der Waals surface area contributed by atoms with E-state index in [2.05, 4.69) is 14.7 Å². The lowest BCUT2D eigenvalue weighted by molar-refractivity contribution is -0.142. The average Bonchev–Trinajstić information content (AvgIpc) is 2.18. The standard InChI is InChI=1S/C9H13N3O2/c1-9(10,5-8(13)14-2)7-6-11-3-4-12-7/h3-4,6H,5,10H2,1-2H3. The summed E-state index contributed by atoms with van der Waals surface area (Å²) in [5, 5.41) is 0. The third-order valence-electron chi connectivity index (χ3n) is 1.89. The monoisotopic (exact) mass is 195 g/mol. The molecule has 5 nitrogen and oxygen atoms in total. The second kappa shape index (κ2) is 4.15. The van der Waals surface area contributed by atoms with Crippen molar-refractivity contribution in [2.45, 2.75) is 18.9 Å². The summed E-state index contributed by atoms with van der Waals surface area (Å²) in [6.07, 6.45) is 4.72. The first-order valence-corrected chi connectivity index (χ1v) is 4.18. The zero-order valence-electron chi connectivity index (χ0n) is 8.23. The van der Waals surface area contributed by atoms with Crippen LogP contribution in [0.5, 0.6) is 0 Å². The highest BCUT2D eigenvalue weighted by molar-refractivity contribution is 5.70. The van der Waals surface area contributed by atoms with E-state index in [1.54, 1.807) is 19.3 Å². The van der Waals surface area contributed by atoms with Crippen LogP contribution in [0.25, 0.3) is 0 Å². The summed E-state index contributed by atoms with van der Waals surface area (Å²) in [4.78, 5) is 19.0. The van der Waals surface area contributed by atoms with Crippen molar-refractivity contribution < 1.29 is 9.53 Å². The first-order chi connectivity index (χ1) is 6.56. The molecule has 76 valence electrons. The third kappa shape index (κ3) is 2.50. The predicted octanol–water partition coefficient (Wildman–Crippen LogP) is 0.214. The van der Waals surface area contributed by atoms with E-state index in [4.69, 9.17) is 5.73 Å². The molecule has 1 unspecified atom stereocenters. The molecule has 0 amide bonds. The summed E-state index contributed by atoms with van der Waals surface area (Å²) in [6.45, 7) is 1.72. The molecule has 1 aromatic heterocycles. The molecule has 0 aliphatic rings. The van der Waals surface area contributed by atoms with Gasteiger partial charge in [0.1, 0.15) is 0 Å². The molecule has 0 fully saturated rings. The Morgan fingerprint density at radius 3 is 2.86 bits per heavy atom. The zero-order chi connectivity index (χ0) is 10.6. The second-order valence-electron chi connectivity index (χ2n) is 3.26. The van der Waals surface area contributed by atoms with Crippen LogP contribution in [0.15, 0.2) is 18.6 Å². The van der Waals surface area contributed by atoms with Gasteiger partial charge in [-0.3, -0.25) is 14.8 Å². The Morgan fingerprint density at radius 1 is 1.64 bits per heavy atom. The number of carbonyl (C=O) groups is 1. The van der Waals surface area contributed by atoms with Gasteiger partial charge in [0.15, 0.2) is 0 Å². The van der Waals surface area contributed by atoms with Gasteiger partial charge in [0, 0.05) is 12.4 Å². The fraction of sp³-hybridized carbons (Fsp3) is 0.444. The lowest BCUT2D eigenvalue weighted by Crippen LogP contribution is -2.36. The molecular weight excluding hydrogens is 182 g/mol. The number of aromatic nitrogens is 2. The van der Waals surface area contributed by atoms with Crippen molar-refractivity contribution in [2.24, 2.45) is 5.73 Å². The first kappa shape index (κ1) is 10.6. The number of nitrogens with two attached hydrogens (primary N) is 1. The van der Waals surface area contributed by atoms with Crippen molar-refractivity contribution >= 4 is 5.97 Å². The van der Waals surface area contributed by atoms with Gasteiger partial charge < -0.3 is 10.5 Å². The van der Waals surface area contributed by atoms with E-state index in [0.29, 0.717) is 5.69 Å². The highest BCUT2D eigenvalue weighted by atomic mass is 16.5. The molecule has 1 atom stereocenters. The van der Waals surface area contributed by atoms with Crippen LogP contribution >= 0.6 is 0 Å². The Bertz CT molecular complexity index is 311. The van der Waals surface area contributed by atoms with Crippen LogP contribution < -0.4 is 5.73 Å². The molecule has 0 spiro atoms. The van der Waals surface area contributed by atoms with Crippen LogP contribution in [-0.2, 0) is 15.1 Å². The van der Waals surface area contributed by atoms with Gasteiger partial charge in [-0.1, -0.05) is 0 Å². The van der Waals surface area contributed by atoms with E-state index in [9.17, 15) is 4.79 Å². The number of hydrogen-bond acceptors (Lipinski definition) is 5. The topological polar surface area (TPSA) is 78.1 Å². The zero-order valence-corrected chi connectivity index (χ0v) is 8.23. The van der Waals surface area contributed by atoms with E-state index in [1.807, 2.05) is 0 Å². The summed E-state index contributed by atoms with van der Waals surface area (Å²) in [5.74, 6) is -0.361. The fourth-order valence-electron chi connectivity index (χ4n) is 1.06. The van der Waals surface area contributed by atoms with Crippen molar-refractivity contribution in [1.29, 1.82) is 0 Å². The molecule has 14 heavy (non-hydrogen) atoms. The van der Waals surface area contributed by atoms with Crippen LogP contribution in [0.3, 0.4) is 0 Å². The van der Waals surface area contributed by atoms with Crippen molar-refractivity contribution in [1.82, 2.24) is 9.97 Å². The SMILES string of the molecule is COC(=O)CC(C)(N)c1cnccn1. The first-order valence-electron chi connectivity index (χ1n) is 4.18. The van der Waals surface area contributed by atoms with Gasteiger partial charge in [0.25, 0.3) is 0 Å². The lowest BCUT2D eigenvalue weighted by atomic mass is 9.95. The number of hydrogen-bond donors (Lipinski definition) is 1. The van der Waals surface area contributed by atoms with Gasteiger partial charge in [-0.25, -0.2) is 0 Å². The molecule has 1 aromatic rings. The summed E-state index contributed by atoms with van der Waals surface area (Å²) < 4.78 is 4.54. The van der Waals surface area contributed by atoms with E-state index in [1.165, 1.54) is 13.3 Å². The molecule has 0 bridgehead atoms. The van der Waals surface area contributed by atoms with E-state index in [-0.39, 0.29) is 12.4 Å². The minimum absolute atomic E-state index is 0.0855. The van der Waals surface area contributed by atoms with Crippen LogP contribution in [0.1, 0.15) is 19.0 Å². The lowest BCUT2D eigenvalue weighted by Gasteiger charge is -2.21. The van der Waals surface area contributed by atoms with Crippen molar-refractivity contribution in [3.63, 3.8) is 0 Å². The van der Waals surface area contributed by atoms with E-state index in [0.717, 1.165) is 0 Å². The Labute approximate surface area is 82.3 Å². The number of rotatable bonds is 3. The molecule has 1 rings (SSSR count). The van der Waals surface area contributed by atoms with Crippen molar-refractivity contribution in [3.8, 4) is 0 Å². The normalized spacial score (nSPS) is 14.5. The Balaban J connectivity index is 2.80. The number of nitrogens with zero attached hydrogens (tertiary/aromatic N) is 2. The predicted molar refractivity (Wildman–Crippen MR) is 50.2 cm³/mol. The van der Waals surface area contributed by atoms with Gasteiger partial charge in [-0.05, 0) is 6.92 Å². The molecular formula is C9H13N3O2. The summed E-state index contributed by atoms with van der Waals surface area (Å²) in [6, 6.07) is 0. The van der Waals surface area contributed by atoms with Gasteiger partial charge in [-0.2, -0.15) is 0 Å². The minimum Gasteiger partial charge on any atom is -0.469 e. The van der Waals surface area contributed by atoms with Gasteiger partial charge in [-0.15, -0.1) is 0 Å². The summed E-state index contributed by atoms with van der Waals surface area (Å²) in [5.41, 5.74) is 5.65. The quantitative estimate of drug-likeness (QED) is 0.698. The van der Waals surface area contributed by atoms with Crippen LogP contribution in [0.4, 0.5) is 0 Å². The maximum absolute atomic E-state index is 11.1. The Morgan fingerprint density at radius 2 is 2.36 bits per heavy atom. The van der Waals surface area contributed by atoms with Crippen LogP contribution in [-0.4, -0.2) is 23.0 Å². The number of ether oxygens (including phenoxy) is 1.